The Bertz CT molecular complexity index is 534. The minimum atomic E-state index is -1.26. The molecule has 0 aliphatic carbocycles. The van der Waals surface area contributed by atoms with Crippen molar-refractivity contribution in [1.82, 2.24) is 4.90 Å². The lowest BCUT2D eigenvalue weighted by molar-refractivity contribution is -0.151. The number of likely N-dealkylation sites (tertiary alicyclic amines) is 1. The number of rotatable bonds is 4. The van der Waals surface area contributed by atoms with E-state index in [2.05, 4.69) is 15.9 Å². The molecule has 0 radical (unpaired) electrons. The highest BCUT2D eigenvalue weighted by Gasteiger charge is 2.50. The third kappa shape index (κ3) is 2.58. The number of hydrogen-bond acceptors (Lipinski definition) is 3. The van der Waals surface area contributed by atoms with Gasteiger partial charge in [-0.05, 0) is 31.0 Å². The van der Waals surface area contributed by atoms with Gasteiger partial charge in [0, 0.05) is 23.7 Å². The largest absolute Gasteiger partial charge is 0.479 e. The van der Waals surface area contributed by atoms with Gasteiger partial charge in [0.15, 0.2) is 5.54 Å². The normalized spacial score (nSPS) is 22.0. The Morgan fingerprint density at radius 2 is 2.25 bits per heavy atom. The van der Waals surface area contributed by atoms with Crippen molar-refractivity contribution in [3.05, 3.63) is 34.3 Å². The molecular weight excluding hydrogens is 326 g/mol. The summed E-state index contributed by atoms with van der Waals surface area (Å²) in [7, 11) is 1.45. The average molecular weight is 342 g/mol. The molecular formula is C14H16BrNO4. The van der Waals surface area contributed by atoms with Crippen LogP contribution < -0.4 is 0 Å². The van der Waals surface area contributed by atoms with E-state index < -0.39 is 11.5 Å². The summed E-state index contributed by atoms with van der Waals surface area (Å²) in [5.41, 5.74) is -0.781. The highest BCUT2D eigenvalue weighted by atomic mass is 79.9. The molecule has 6 heteroatoms. The molecule has 5 nitrogen and oxygen atoms in total. The smallest absolute Gasteiger partial charge is 0.332 e. The summed E-state index contributed by atoms with van der Waals surface area (Å²) < 4.78 is 5.83. The van der Waals surface area contributed by atoms with Gasteiger partial charge < -0.3 is 14.7 Å². The van der Waals surface area contributed by atoms with Crippen molar-refractivity contribution in [2.24, 2.45) is 0 Å². The van der Waals surface area contributed by atoms with E-state index in [0.717, 1.165) is 4.47 Å². The fourth-order valence-electron chi connectivity index (χ4n) is 2.62. The van der Waals surface area contributed by atoms with Gasteiger partial charge in [-0.2, -0.15) is 0 Å². The molecule has 0 saturated carbocycles. The summed E-state index contributed by atoms with van der Waals surface area (Å²) in [4.78, 5) is 25.6. The maximum absolute atomic E-state index is 12.6. The van der Waals surface area contributed by atoms with Crippen molar-refractivity contribution in [2.45, 2.75) is 18.4 Å². The number of hydrogen-bond donors (Lipinski definition) is 1. The molecule has 0 bridgehead atoms. The van der Waals surface area contributed by atoms with Crippen LogP contribution in [0.4, 0.5) is 0 Å². The van der Waals surface area contributed by atoms with Crippen molar-refractivity contribution in [3.63, 3.8) is 0 Å². The SMILES string of the molecule is COCC1(C(=O)O)CCCN1C(=O)c1cccc(Br)c1. The molecule has 20 heavy (non-hydrogen) atoms. The Morgan fingerprint density at radius 3 is 2.85 bits per heavy atom. The number of carboxylic acid groups (broad SMARTS) is 1. The second-order valence-electron chi connectivity index (χ2n) is 4.84. The van der Waals surface area contributed by atoms with Crippen molar-refractivity contribution in [3.8, 4) is 0 Å². The number of methoxy groups -OCH3 is 1. The predicted octanol–water partition coefficient (Wildman–Crippen LogP) is 2.15. The molecule has 1 aromatic carbocycles. The van der Waals surface area contributed by atoms with E-state index in [-0.39, 0.29) is 12.5 Å². The maximum atomic E-state index is 12.6. The molecule has 1 aliphatic rings. The molecule has 1 N–H and O–H groups in total. The van der Waals surface area contributed by atoms with Crippen molar-refractivity contribution in [2.75, 3.05) is 20.3 Å². The monoisotopic (exact) mass is 341 g/mol. The lowest BCUT2D eigenvalue weighted by atomic mass is 9.96. The molecule has 0 aromatic heterocycles. The standard InChI is InChI=1S/C14H16BrNO4/c1-20-9-14(13(18)19)6-3-7-16(14)12(17)10-4-2-5-11(15)8-10/h2,4-5,8H,3,6-7,9H2,1H3,(H,18,19). The Morgan fingerprint density at radius 1 is 1.50 bits per heavy atom. The lowest BCUT2D eigenvalue weighted by Crippen LogP contribution is -2.56. The van der Waals surface area contributed by atoms with Crippen molar-refractivity contribution < 1.29 is 19.4 Å². The molecule has 108 valence electrons. The number of carbonyl (C=O) groups excluding carboxylic acids is 1. The molecule has 1 heterocycles. The summed E-state index contributed by atoms with van der Waals surface area (Å²) in [5.74, 6) is -1.29. The fraction of sp³-hybridized carbons (Fsp3) is 0.429. The van der Waals surface area contributed by atoms with Crippen LogP contribution in [0.3, 0.4) is 0 Å². The first-order chi connectivity index (χ1) is 9.51. The first kappa shape index (κ1) is 15.0. The first-order valence-electron chi connectivity index (χ1n) is 6.31. The highest BCUT2D eigenvalue weighted by Crippen LogP contribution is 2.32. The van der Waals surface area contributed by atoms with Crippen LogP contribution in [0.25, 0.3) is 0 Å². The number of carboxylic acids is 1. The number of carbonyl (C=O) groups is 2. The molecule has 1 aromatic rings. The lowest BCUT2D eigenvalue weighted by Gasteiger charge is -2.34. The zero-order valence-electron chi connectivity index (χ0n) is 11.1. The Balaban J connectivity index is 2.34. The molecule has 1 amide bonds. The van der Waals surface area contributed by atoms with Crippen LogP contribution in [-0.2, 0) is 9.53 Å². The predicted molar refractivity (Wildman–Crippen MR) is 76.7 cm³/mol. The minimum Gasteiger partial charge on any atom is -0.479 e. The minimum absolute atomic E-state index is 0.00206. The van der Waals surface area contributed by atoms with E-state index in [1.54, 1.807) is 18.2 Å². The van der Waals surface area contributed by atoms with Crippen LogP contribution in [0, 0.1) is 0 Å². The molecule has 2 rings (SSSR count). The summed E-state index contributed by atoms with van der Waals surface area (Å²) in [6.45, 7) is 0.434. The zero-order valence-corrected chi connectivity index (χ0v) is 12.7. The third-order valence-electron chi connectivity index (χ3n) is 3.59. The van der Waals surface area contributed by atoms with Gasteiger partial charge in [0.2, 0.25) is 0 Å². The van der Waals surface area contributed by atoms with E-state index in [1.807, 2.05) is 6.07 Å². The number of nitrogens with zero attached hydrogens (tertiary/aromatic N) is 1. The summed E-state index contributed by atoms with van der Waals surface area (Å²) in [6.07, 6.45) is 1.07. The molecule has 1 saturated heterocycles. The third-order valence-corrected chi connectivity index (χ3v) is 4.08. The Kier molecular flexibility index (Phi) is 4.45. The first-order valence-corrected chi connectivity index (χ1v) is 7.10. The maximum Gasteiger partial charge on any atom is 0.332 e. The van der Waals surface area contributed by atoms with E-state index in [9.17, 15) is 14.7 Å². The van der Waals surface area contributed by atoms with E-state index >= 15 is 0 Å². The van der Waals surface area contributed by atoms with Crippen LogP contribution in [-0.4, -0.2) is 47.7 Å². The van der Waals surface area contributed by atoms with Gasteiger partial charge in [-0.25, -0.2) is 4.79 Å². The van der Waals surface area contributed by atoms with Crippen LogP contribution >= 0.6 is 15.9 Å². The molecule has 1 aliphatic heterocycles. The van der Waals surface area contributed by atoms with Crippen LogP contribution in [0.2, 0.25) is 0 Å². The topological polar surface area (TPSA) is 66.8 Å². The molecule has 1 unspecified atom stereocenters. The second kappa shape index (κ2) is 5.93. The number of benzene rings is 1. The van der Waals surface area contributed by atoms with Crippen LogP contribution in [0.5, 0.6) is 0 Å². The zero-order chi connectivity index (χ0) is 14.8. The average Bonchev–Trinajstić information content (AvgIpc) is 2.83. The quantitative estimate of drug-likeness (QED) is 0.911. The van der Waals surface area contributed by atoms with E-state index in [1.165, 1.54) is 12.0 Å². The summed E-state index contributed by atoms with van der Waals surface area (Å²) in [5, 5.41) is 9.53. The van der Waals surface area contributed by atoms with Gasteiger partial charge in [0.25, 0.3) is 5.91 Å². The van der Waals surface area contributed by atoms with E-state index in [4.69, 9.17) is 4.74 Å². The van der Waals surface area contributed by atoms with E-state index in [0.29, 0.717) is 24.9 Å². The van der Waals surface area contributed by atoms with Gasteiger partial charge in [0.05, 0.1) is 6.61 Å². The summed E-state index contributed by atoms with van der Waals surface area (Å²) >= 11 is 3.32. The van der Waals surface area contributed by atoms with Gasteiger partial charge >= 0.3 is 5.97 Å². The molecule has 1 fully saturated rings. The number of aliphatic carboxylic acids is 1. The van der Waals surface area contributed by atoms with Gasteiger partial charge in [-0.1, -0.05) is 22.0 Å². The Hall–Kier alpha value is -1.40. The number of halogens is 1. The van der Waals surface area contributed by atoms with Crippen molar-refractivity contribution >= 4 is 27.8 Å². The number of amides is 1. The second-order valence-corrected chi connectivity index (χ2v) is 5.76. The summed E-state index contributed by atoms with van der Waals surface area (Å²) in [6, 6.07) is 6.96. The van der Waals surface area contributed by atoms with Gasteiger partial charge in [-0.15, -0.1) is 0 Å². The van der Waals surface area contributed by atoms with Crippen LogP contribution in [0.1, 0.15) is 23.2 Å². The van der Waals surface area contributed by atoms with Gasteiger partial charge in [0.1, 0.15) is 0 Å². The van der Waals surface area contributed by atoms with Crippen molar-refractivity contribution in [1.29, 1.82) is 0 Å². The fourth-order valence-corrected chi connectivity index (χ4v) is 3.02. The highest BCUT2D eigenvalue weighted by molar-refractivity contribution is 9.10. The molecule has 0 spiro atoms. The van der Waals surface area contributed by atoms with Gasteiger partial charge in [-0.3, -0.25) is 4.79 Å². The Labute approximate surface area is 125 Å². The van der Waals surface area contributed by atoms with Crippen LogP contribution in [0.15, 0.2) is 28.7 Å². The molecule has 1 atom stereocenters. The number of ether oxygens (including phenoxy) is 1.